The smallest absolute Gasteiger partial charge is 0.128 e. The summed E-state index contributed by atoms with van der Waals surface area (Å²) in [6.07, 6.45) is 1.84. The van der Waals surface area contributed by atoms with Crippen molar-refractivity contribution in [2.24, 2.45) is 4.99 Å². The van der Waals surface area contributed by atoms with E-state index < -0.39 is 0 Å². The highest BCUT2D eigenvalue weighted by Crippen LogP contribution is 2.46. The van der Waals surface area contributed by atoms with Crippen molar-refractivity contribution in [2.45, 2.75) is 78.6 Å². The van der Waals surface area contributed by atoms with Gasteiger partial charge in [-0.05, 0) is 96.6 Å². The van der Waals surface area contributed by atoms with Gasteiger partial charge in [-0.1, -0.05) is 147 Å². The zero-order valence-corrected chi connectivity index (χ0v) is 35.6. The van der Waals surface area contributed by atoms with E-state index in [-0.39, 0.29) is 22.0 Å². The molecule has 0 atom stereocenters. The first-order valence-electron chi connectivity index (χ1n) is 19.9. The van der Waals surface area contributed by atoms with E-state index in [1.54, 1.807) is 11.3 Å². The molecule has 288 valence electrons. The molecule has 1 heterocycles. The first-order chi connectivity index (χ1) is 27.5. The normalized spacial score (nSPS) is 12.6. The predicted molar refractivity (Wildman–Crippen MR) is 247 cm³/mol. The zero-order chi connectivity index (χ0) is 41.1. The molecule has 8 rings (SSSR count). The quantitative estimate of drug-likeness (QED) is 0.177. The summed E-state index contributed by atoms with van der Waals surface area (Å²) in [5.74, 6) is 0.266. The fourth-order valence-corrected chi connectivity index (χ4v) is 8.81. The van der Waals surface area contributed by atoms with Crippen molar-refractivity contribution in [3.05, 3.63) is 149 Å². The summed E-state index contributed by atoms with van der Waals surface area (Å²) in [7, 11) is 0. The third-order valence-electron chi connectivity index (χ3n) is 11.2. The van der Waals surface area contributed by atoms with E-state index in [2.05, 4.69) is 165 Å². The van der Waals surface area contributed by atoms with Gasteiger partial charge in [0.2, 0.25) is 0 Å². The van der Waals surface area contributed by atoms with Crippen LogP contribution < -0.4 is 0 Å². The summed E-state index contributed by atoms with van der Waals surface area (Å²) in [5, 5.41) is 26.4. The number of nitrogens with zero attached hydrogens (tertiary/aromatic N) is 3. The highest BCUT2D eigenvalue weighted by molar-refractivity contribution is 7.21. The topological polar surface area (TPSA) is 69.3 Å². The van der Waals surface area contributed by atoms with Gasteiger partial charge < -0.3 is 5.11 Å². The van der Waals surface area contributed by atoms with Crippen molar-refractivity contribution in [3.63, 3.8) is 0 Å². The van der Waals surface area contributed by atoms with Gasteiger partial charge in [-0.3, -0.25) is 4.99 Å². The van der Waals surface area contributed by atoms with Gasteiger partial charge in [0.15, 0.2) is 0 Å². The number of nitriles is 1. The van der Waals surface area contributed by atoms with Crippen LogP contribution in [0.5, 0.6) is 5.75 Å². The average molecular weight is 776 g/mol. The Bertz CT molecular complexity index is 2960. The lowest BCUT2D eigenvalue weighted by Gasteiger charge is -2.27. The molecule has 0 unspecified atom stereocenters. The lowest BCUT2D eigenvalue weighted by Crippen LogP contribution is -2.17. The SMILES string of the molecule is CC(C)(C)c1cc(C=Nc2c(-c3nc4c(-c5ccc(-c6ccc(C#N)cc6)c6ccccc56)cc(C(C)(C)C)cc4s3)ccc3ccccc23)c(O)c(C(C)(C)C)c1. The minimum Gasteiger partial charge on any atom is -0.507 e. The van der Waals surface area contributed by atoms with Crippen molar-refractivity contribution in [1.82, 2.24) is 4.98 Å². The lowest BCUT2D eigenvalue weighted by molar-refractivity contribution is 0.444. The maximum absolute atomic E-state index is 11.7. The van der Waals surface area contributed by atoms with Crippen molar-refractivity contribution in [2.75, 3.05) is 0 Å². The molecule has 0 spiro atoms. The minimum atomic E-state index is -0.252. The second-order valence-electron chi connectivity index (χ2n) is 18.4. The van der Waals surface area contributed by atoms with Crippen LogP contribution in [0.25, 0.3) is 64.6 Å². The first kappa shape index (κ1) is 38.8. The molecule has 1 aromatic heterocycles. The molecule has 0 bridgehead atoms. The summed E-state index contributed by atoms with van der Waals surface area (Å²) >= 11 is 1.70. The molecule has 8 aromatic rings. The Morgan fingerprint density at radius 1 is 0.621 bits per heavy atom. The zero-order valence-electron chi connectivity index (χ0n) is 34.8. The Labute approximate surface area is 346 Å². The number of thiazole rings is 1. The summed E-state index contributed by atoms with van der Waals surface area (Å²) in [6, 6.07) is 44.6. The lowest BCUT2D eigenvalue weighted by atomic mass is 9.79. The number of hydrogen-bond acceptors (Lipinski definition) is 5. The summed E-state index contributed by atoms with van der Waals surface area (Å²) < 4.78 is 1.12. The van der Waals surface area contributed by atoms with E-state index in [4.69, 9.17) is 9.98 Å². The molecule has 0 fully saturated rings. The molecule has 5 heteroatoms. The van der Waals surface area contributed by atoms with Crippen molar-refractivity contribution in [1.29, 1.82) is 5.26 Å². The van der Waals surface area contributed by atoms with Gasteiger partial charge in [-0.2, -0.15) is 5.26 Å². The number of aromatic hydroxyl groups is 1. The molecule has 7 aromatic carbocycles. The highest BCUT2D eigenvalue weighted by Gasteiger charge is 2.26. The van der Waals surface area contributed by atoms with Gasteiger partial charge in [0, 0.05) is 33.9 Å². The van der Waals surface area contributed by atoms with E-state index in [1.165, 1.54) is 5.56 Å². The van der Waals surface area contributed by atoms with E-state index in [9.17, 15) is 10.4 Å². The van der Waals surface area contributed by atoms with E-state index in [0.29, 0.717) is 11.1 Å². The number of phenols is 1. The number of fused-ring (bicyclic) bond motifs is 3. The van der Waals surface area contributed by atoms with Crippen LogP contribution in [-0.2, 0) is 16.2 Å². The first-order valence-corrected chi connectivity index (χ1v) is 20.7. The van der Waals surface area contributed by atoms with Gasteiger partial charge in [0.05, 0.1) is 27.5 Å². The van der Waals surface area contributed by atoms with Crippen molar-refractivity contribution >= 4 is 55.0 Å². The van der Waals surface area contributed by atoms with E-state index >= 15 is 0 Å². The second kappa shape index (κ2) is 14.4. The molecule has 0 saturated heterocycles. The molecular formula is C53H49N3OS. The fraction of sp³-hybridized carbons (Fsp3) is 0.226. The van der Waals surface area contributed by atoms with Gasteiger partial charge in [0.1, 0.15) is 10.8 Å². The van der Waals surface area contributed by atoms with Crippen LogP contribution in [0.1, 0.15) is 90.1 Å². The molecule has 1 N–H and O–H groups in total. The number of aliphatic imine (C=N–C) groups is 1. The molecule has 4 nitrogen and oxygen atoms in total. The van der Waals surface area contributed by atoms with Crippen LogP contribution in [0.15, 0.2) is 126 Å². The maximum atomic E-state index is 11.7. The summed E-state index contributed by atoms with van der Waals surface area (Å²) in [4.78, 5) is 10.7. The van der Waals surface area contributed by atoms with Crippen LogP contribution in [0.2, 0.25) is 0 Å². The van der Waals surface area contributed by atoms with E-state index in [0.717, 1.165) is 81.4 Å². The monoisotopic (exact) mass is 775 g/mol. The Morgan fingerprint density at radius 2 is 1.22 bits per heavy atom. The van der Waals surface area contributed by atoms with E-state index in [1.807, 2.05) is 30.5 Å². The van der Waals surface area contributed by atoms with Gasteiger partial charge in [-0.25, -0.2) is 4.98 Å². The number of phenolic OH excluding ortho intramolecular Hbond substituents is 1. The van der Waals surface area contributed by atoms with Gasteiger partial charge in [0.25, 0.3) is 0 Å². The average Bonchev–Trinajstić information content (AvgIpc) is 3.63. The molecule has 58 heavy (non-hydrogen) atoms. The molecule has 0 aliphatic rings. The molecule has 0 aliphatic carbocycles. The molecule has 0 amide bonds. The summed E-state index contributed by atoms with van der Waals surface area (Å²) in [6.45, 7) is 19.8. The highest BCUT2D eigenvalue weighted by atomic mass is 32.1. The number of rotatable bonds is 5. The minimum absolute atomic E-state index is 0.0980. The van der Waals surface area contributed by atoms with Crippen molar-refractivity contribution in [3.8, 4) is 44.6 Å². The maximum Gasteiger partial charge on any atom is 0.128 e. The largest absolute Gasteiger partial charge is 0.507 e. The third-order valence-corrected chi connectivity index (χ3v) is 12.2. The van der Waals surface area contributed by atoms with Crippen LogP contribution in [-0.4, -0.2) is 16.3 Å². The number of benzene rings is 7. The van der Waals surface area contributed by atoms with Gasteiger partial charge >= 0.3 is 0 Å². The van der Waals surface area contributed by atoms with Crippen LogP contribution in [0.3, 0.4) is 0 Å². The van der Waals surface area contributed by atoms with Crippen molar-refractivity contribution < 1.29 is 5.11 Å². The predicted octanol–water partition coefficient (Wildman–Crippen LogP) is 14.8. The summed E-state index contributed by atoms with van der Waals surface area (Å²) in [5.41, 5.74) is 11.3. The van der Waals surface area contributed by atoms with Gasteiger partial charge in [-0.15, -0.1) is 11.3 Å². The van der Waals surface area contributed by atoms with Crippen LogP contribution >= 0.6 is 11.3 Å². The Hall–Kier alpha value is -6.09. The Kier molecular flexibility index (Phi) is 9.61. The molecule has 0 radical (unpaired) electrons. The number of hydrogen-bond donors (Lipinski definition) is 1. The molecule has 0 aliphatic heterocycles. The van der Waals surface area contributed by atoms with Crippen LogP contribution in [0, 0.1) is 11.3 Å². The molecular weight excluding hydrogens is 727 g/mol. The third kappa shape index (κ3) is 7.18. The standard InChI is InChI=1S/C53H49N3OS/c1-51(2,3)36-26-35(49(57)45(28-36)53(7,8)9)31-55-47-39-15-11-10-14-33(39)22-23-43(47)50-56-48-44(27-37(52(4,5)6)29-46(48)58-50)42-25-24-38(40-16-12-13-17-41(40)42)34-20-18-32(30-54)19-21-34/h10-29,31,57H,1-9H3. The number of aromatic nitrogens is 1. The fourth-order valence-electron chi connectivity index (χ4n) is 7.75. The second-order valence-corrected chi connectivity index (χ2v) is 19.5. The van der Waals surface area contributed by atoms with Crippen LogP contribution in [0.4, 0.5) is 5.69 Å². The molecule has 0 saturated carbocycles. The Balaban J connectivity index is 1.34. The Morgan fingerprint density at radius 3 is 1.88 bits per heavy atom.